The summed E-state index contributed by atoms with van der Waals surface area (Å²) < 4.78 is 0. The van der Waals surface area contributed by atoms with E-state index in [9.17, 15) is 0 Å². The zero-order valence-electron chi connectivity index (χ0n) is 13.7. The molecule has 0 aromatic rings. The molecule has 0 aromatic carbocycles. The highest BCUT2D eigenvalue weighted by Crippen LogP contribution is 2.18. The zero-order chi connectivity index (χ0) is 13.9. The van der Waals surface area contributed by atoms with Gasteiger partial charge in [-0.2, -0.15) is 0 Å². The van der Waals surface area contributed by atoms with Gasteiger partial charge in [-0.25, -0.2) is 0 Å². The highest BCUT2D eigenvalue weighted by atomic mass is 14.9. The van der Waals surface area contributed by atoms with Gasteiger partial charge >= 0.3 is 0 Å². The van der Waals surface area contributed by atoms with E-state index in [-0.39, 0.29) is 0 Å². The standard InChI is InChI=1S/C18H37N/c1-4-16(2)12-10-11-13-17(3)19-18-14-8-6-5-7-9-15-18/h16-19H,4-15H2,1-3H3. The van der Waals surface area contributed by atoms with Gasteiger partial charge in [-0.15, -0.1) is 0 Å². The number of nitrogens with one attached hydrogen (secondary N) is 1. The maximum Gasteiger partial charge on any atom is 0.00695 e. The Morgan fingerprint density at radius 3 is 2.11 bits per heavy atom. The molecular weight excluding hydrogens is 230 g/mol. The molecule has 0 spiro atoms. The summed E-state index contributed by atoms with van der Waals surface area (Å²) in [6.45, 7) is 7.09. The summed E-state index contributed by atoms with van der Waals surface area (Å²) in [5.74, 6) is 0.925. The number of hydrogen-bond acceptors (Lipinski definition) is 1. The van der Waals surface area contributed by atoms with Crippen LogP contribution in [0, 0.1) is 5.92 Å². The normalized spacial score (nSPS) is 21.6. The molecular formula is C18H37N. The van der Waals surface area contributed by atoms with Crippen LogP contribution in [-0.4, -0.2) is 12.1 Å². The van der Waals surface area contributed by atoms with Crippen molar-refractivity contribution in [2.24, 2.45) is 5.92 Å². The molecule has 0 aliphatic heterocycles. The van der Waals surface area contributed by atoms with E-state index in [1.54, 1.807) is 0 Å². The van der Waals surface area contributed by atoms with E-state index in [1.165, 1.54) is 77.0 Å². The molecule has 0 saturated heterocycles. The molecule has 1 nitrogen and oxygen atoms in total. The lowest BCUT2D eigenvalue weighted by atomic mass is 9.95. The Kier molecular flexibility index (Phi) is 9.59. The fraction of sp³-hybridized carbons (Fsp3) is 1.00. The molecule has 1 aliphatic carbocycles. The highest BCUT2D eigenvalue weighted by Gasteiger charge is 2.13. The molecule has 1 heteroatoms. The largest absolute Gasteiger partial charge is 0.312 e. The van der Waals surface area contributed by atoms with Crippen molar-refractivity contribution in [2.75, 3.05) is 0 Å². The fourth-order valence-corrected chi connectivity index (χ4v) is 3.26. The maximum absolute atomic E-state index is 3.89. The first-order valence-electron chi connectivity index (χ1n) is 8.98. The molecule has 0 amide bonds. The average Bonchev–Trinajstić information content (AvgIpc) is 2.37. The van der Waals surface area contributed by atoms with Gasteiger partial charge in [0.1, 0.15) is 0 Å². The van der Waals surface area contributed by atoms with Gasteiger partial charge in [0.2, 0.25) is 0 Å². The van der Waals surface area contributed by atoms with E-state index in [4.69, 9.17) is 0 Å². The minimum Gasteiger partial charge on any atom is -0.312 e. The molecule has 2 atom stereocenters. The maximum atomic E-state index is 3.89. The van der Waals surface area contributed by atoms with E-state index >= 15 is 0 Å². The van der Waals surface area contributed by atoms with E-state index < -0.39 is 0 Å². The van der Waals surface area contributed by atoms with Gasteiger partial charge < -0.3 is 5.32 Å². The predicted octanol–water partition coefficient (Wildman–Crippen LogP) is 5.68. The first kappa shape index (κ1) is 17.0. The van der Waals surface area contributed by atoms with Gasteiger partial charge in [-0.05, 0) is 32.1 Å². The van der Waals surface area contributed by atoms with Crippen LogP contribution in [0.2, 0.25) is 0 Å². The van der Waals surface area contributed by atoms with Crippen molar-refractivity contribution < 1.29 is 0 Å². The van der Waals surface area contributed by atoms with E-state index in [1.807, 2.05) is 0 Å². The van der Waals surface area contributed by atoms with Gasteiger partial charge in [0.25, 0.3) is 0 Å². The van der Waals surface area contributed by atoms with Gasteiger partial charge in [-0.1, -0.05) is 71.6 Å². The second-order valence-corrected chi connectivity index (χ2v) is 6.91. The Morgan fingerprint density at radius 1 is 0.895 bits per heavy atom. The van der Waals surface area contributed by atoms with Gasteiger partial charge in [0, 0.05) is 12.1 Å². The monoisotopic (exact) mass is 267 g/mol. The van der Waals surface area contributed by atoms with Crippen LogP contribution < -0.4 is 5.32 Å². The number of unbranched alkanes of at least 4 members (excludes halogenated alkanes) is 1. The van der Waals surface area contributed by atoms with E-state index in [0.29, 0.717) is 0 Å². The molecule has 1 saturated carbocycles. The lowest BCUT2D eigenvalue weighted by Gasteiger charge is -2.25. The minimum atomic E-state index is 0.723. The van der Waals surface area contributed by atoms with Crippen molar-refractivity contribution in [3.8, 4) is 0 Å². The van der Waals surface area contributed by atoms with Crippen LogP contribution in [-0.2, 0) is 0 Å². The third kappa shape index (κ3) is 8.68. The van der Waals surface area contributed by atoms with Crippen LogP contribution in [0.25, 0.3) is 0 Å². The molecule has 19 heavy (non-hydrogen) atoms. The Labute approximate surface area is 121 Å². The van der Waals surface area contributed by atoms with Gasteiger partial charge in [0.15, 0.2) is 0 Å². The topological polar surface area (TPSA) is 12.0 Å². The SMILES string of the molecule is CCC(C)CCCCC(C)NC1CCCCCCC1. The van der Waals surface area contributed by atoms with Crippen molar-refractivity contribution in [3.63, 3.8) is 0 Å². The van der Waals surface area contributed by atoms with Crippen molar-refractivity contribution in [3.05, 3.63) is 0 Å². The summed E-state index contributed by atoms with van der Waals surface area (Å²) in [7, 11) is 0. The lowest BCUT2D eigenvalue weighted by molar-refractivity contribution is 0.344. The van der Waals surface area contributed by atoms with Crippen LogP contribution in [0.3, 0.4) is 0 Å². The fourth-order valence-electron chi connectivity index (χ4n) is 3.26. The van der Waals surface area contributed by atoms with E-state index in [0.717, 1.165) is 18.0 Å². The summed E-state index contributed by atoms with van der Waals surface area (Å²) >= 11 is 0. The van der Waals surface area contributed by atoms with Crippen molar-refractivity contribution in [1.29, 1.82) is 0 Å². The summed E-state index contributed by atoms with van der Waals surface area (Å²) in [5, 5.41) is 3.89. The molecule has 1 aliphatic rings. The van der Waals surface area contributed by atoms with Crippen LogP contribution in [0.15, 0.2) is 0 Å². The van der Waals surface area contributed by atoms with Crippen LogP contribution in [0.1, 0.15) is 97.8 Å². The Morgan fingerprint density at radius 2 is 1.47 bits per heavy atom. The van der Waals surface area contributed by atoms with Crippen molar-refractivity contribution in [1.82, 2.24) is 5.32 Å². The highest BCUT2D eigenvalue weighted by molar-refractivity contribution is 4.73. The molecule has 1 N–H and O–H groups in total. The first-order valence-corrected chi connectivity index (χ1v) is 8.98. The van der Waals surface area contributed by atoms with Crippen molar-refractivity contribution >= 4 is 0 Å². The molecule has 2 unspecified atom stereocenters. The Balaban J connectivity index is 2.06. The summed E-state index contributed by atoms with van der Waals surface area (Å²) in [5.41, 5.74) is 0. The molecule has 1 fully saturated rings. The Bertz CT molecular complexity index is 194. The van der Waals surface area contributed by atoms with Crippen molar-refractivity contribution in [2.45, 2.75) is 110 Å². The second-order valence-electron chi connectivity index (χ2n) is 6.91. The summed E-state index contributed by atoms with van der Waals surface area (Å²) in [6.07, 6.45) is 17.1. The molecule has 0 bridgehead atoms. The van der Waals surface area contributed by atoms with Gasteiger partial charge in [-0.3, -0.25) is 0 Å². The quantitative estimate of drug-likeness (QED) is 0.558. The number of hydrogen-bond donors (Lipinski definition) is 1. The van der Waals surface area contributed by atoms with Gasteiger partial charge in [0.05, 0.1) is 0 Å². The minimum absolute atomic E-state index is 0.723. The van der Waals surface area contributed by atoms with Crippen LogP contribution in [0.4, 0.5) is 0 Å². The molecule has 0 heterocycles. The summed E-state index contributed by atoms with van der Waals surface area (Å²) in [4.78, 5) is 0. The first-order chi connectivity index (χ1) is 9.22. The molecule has 0 radical (unpaired) electrons. The molecule has 1 rings (SSSR count). The summed E-state index contributed by atoms with van der Waals surface area (Å²) in [6, 6.07) is 1.53. The lowest BCUT2D eigenvalue weighted by Crippen LogP contribution is -2.36. The van der Waals surface area contributed by atoms with E-state index in [2.05, 4.69) is 26.1 Å². The molecule has 0 aromatic heterocycles. The number of rotatable bonds is 8. The zero-order valence-corrected chi connectivity index (χ0v) is 13.7. The second kappa shape index (κ2) is 10.7. The molecule has 114 valence electrons. The van der Waals surface area contributed by atoms with Crippen LogP contribution in [0.5, 0.6) is 0 Å². The third-order valence-corrected chi connectivity index (χ3v) is 4.91. The smallest absolute Gasteiger partial charge is 0.00695 e. The average molecular weight is 268 g/mol. The third-order valence-electron chi connectivity index (χ3n) is 4.91. The van der Waals surface area contributed by atoms with Crippen LogP contribution >= 0.6 is 0 Å². The Hall–Kier alpha value is -0.0400. The predicted molar refractivity (Wildman–Crippen MR) is 86.6 cm³/mol.